The van der Waals surface area contributed by atoms with Gasteiger partial charge >= 0.3 is 5.97 Å². The van der Waals surface area contributed by atoms with Crippen molar-refractivity contribution < 1.29 is 19.5 Å². The standard InChI is InChI=1S/C20H28ClN3O4/c21-17-5-3-14(4-6-17)16(12-18(25)23-9-1-2-19(26)27)13-24-20(28)15-7-10-22-11-8-15/h3-6,15-16,22H,1-2,7-13H2,(H,23,25)(H,24,28)(H,26,27). The number of hydrogen-bond donors (Lipinski definition) is 4. The molecule has 1 heterocycles. The Hall–Kier alpha value is -2.12. The predicted molar refractivity (Wildman–Crippen MR) is 107 cm³/mol. The van der Waals surface area contributed by atoms with Gasteiger partial charge in [0.25, 0.3) is 0 Å². The Bertz CT molecular complexity index is 660. The minimum atomic E-state index is -0.881. The highest BCUT2D eigenvalue weighted by Crippen LogP contribution is 2.22. The monoisotopic (exact) mass is 409 g/mol. The van der Waals surface area contributed by atoms with Gasteiger partial charge in [0.2, 0.25) is 11.8 Å². The molecule has 0 aromatic heterocycles. The molecule has 8 heteroatoms. The molecule has 0 radical (unpaired) electrons. The zero-order valence-electron chi connectivity index (χ0n) is 15.9. The van der Waals surface area contributed by atoms with Gasteiger partial charge in [0.05, 0.1) is 0 Å². The minimum absolute atomic E-state index is 0.0111. The molecule has 7 nitrogen and oxygen atoms in total. The molecule has 0 bridgehead atoms. The SMILES string of the molecule is O=C(O)CCCNC(=O)CC(CNC(=O)C1CCNCC1)c1ccc(Cl)cc1. The number of hydrogen-bond acceptors (Lipinski definition) is 4. The maximum absolute atomic E-state index is 12.4. The van der Waals surface area contributed by atoms with E-state index in [1.165, 1.54) is 0 Å². The second-order valence-electron chi connectivity index (χ2n) is 7.07. The van der Waals surface area contributed by atoms with Gasteiger partial charge in [0.1, 0.15) is 0 Å². The number of nitrogens with one attached hydrogen (secondary N) is 3. The van der Waals surface area contributed by atoms with Gasteiger partial charge in [-0.25, -0.2) is 0 Å². The minimum Gasteiger partial charge on any atom is -0.481 e. The lowest BCUT2D eigenvalue weighted by atomic mass is 9.93. The van der Waals surface area contributed by atoms with Crippen LogP contribution < -0.4 is 16.0 Å². The molecule has 1 unspecified atom stereocenters. The fourth-order valence-corrected chi connectivity index (χ4v) is 3.38. The molecule has 1 saturated heterocycles. The molecule has 1 aromatic carbocycles. The van der Waals surface area contributed by atoms with Crippen LogP contribution in [0.1, 0.15) is 43.6 Å². The van der Waals surface area contributed by atoms with Crippen LogP contribution in [0, 0.1) is 5.92 Å². The van der Waals surface area contributed by atoms with Crippen LogP contribution in [-0.4, -0.2) is 49.1 Å². The Balaban J connectivity index is 1.91. The number of halogens is 1. The lowest BCUT2D eigenvalue weighted by Crippen LogP contribution is -2.40. The number of amides is 2. The van der Waals surface area contributed by atoms with Crippen molar-refractivity contribution in [1.29, 1.82) is 0 Å². The largest absolute Gasteiger partial charge is 0.481 e. The maximum atomic E-state index is 12.4. The topological polar surface area (TPSA) is 108 Å². The number of aliphatic carboxylic acids is 1. The highest BCUT2D eigenvalue weighted by molar-refractivity contribution is 6.30. The van der Waals surface area contributed by atoms with E-state index in [0.717, 1.165) is 31.5 Å². The summed E-state index contributed by atoms with van der Waals surface area (Å²) in [5.74, 6) is -1.18. The van der Waals surface area contributed by atoms with Crippen LogP contribution in [0.15, 0.2) is 24.3 Å². The highest BCUT2D eigenvalue weighted by atomic mass is 35.5. The van der Waals surface area contributed by atoms with Crippen molar-refractivity contribution in [3.05, 3.63) is 34.9 Å². The number of benzene rings is 1. The molecule has 0 saturated carbocycles. The van der Waals surface area contributed by atoms with Gasteiger partial charge in [-0.05, 0) is 50.0 Å². The van der Waals surface area contributed by atoms with Gasteiger partial charge in [0.15, 0.2) is 0 Å². The zero-order chi connectivity index (χ0) is 20.4. The summed E-state index contributed by atoms with van der Waals surface area (Å²) >= 11 is 5.96. The average molecular weight is 410 g/mol. The number of rotatable bonds is 10. The van der Waals surface area contributed by atoms with Gasteiger partial charge in [-0.15, -0.1) is 0 Å². The second kappa shape index (κ2) is 11.7. The van der Waals surface area contributed by atoms with E-state index >= 15 is 0 Å². The molecule has 2 rings (SSSR count). The van der Waals surface area contributed by atoms with Crippen molar-refractivity contribution >= 4 is 29.4 Å². The summed E-state index contributed by atoms with van der Waals surface area (Å²) in [6, 6.07) is 7.26. The van der Waals surface area contributed by atoms with Crippen molar-refractivity contribution in [2.45, 2.75) is 38.0 Å². The third-order valence-corrected chi connectivity index (χ3v) is 5.15. The van der Waals surface area contributed by atoms with Gasteiger partial charge in [-0.1, -0.05) is 23.7 Å². The van der Waals surface area contributed by atoms with Crippen molar-refractivity contribution in [2.75, 3.05) is 26.2 Å². The third-order valence-electron chi connectivity index (χ3n) is 4.90. The number of carboxylic acid groups (broad SMARTS) is 1. The van der Waals surface area contributed by atoms with Gasteiger partial charge in [0, 0.05) is 42.8 Å². The van der Waals surface area contributed by atoms with Crippen molar-refractivity contribution in [2.24, 2.45) is 5.92 Å². The van der Waals surface area contributed by atoms with E-state index in [4.69, 9.17) is 16.7 Å². The summed E-state index contributed by atoms with van der Waals surface area (Å²) in [7, 11) is 0. The molecule has 0 aliphatic carbocycles. The first-order chi connectivity index (χ1) is 13.5. The van der Waals surface area contributed by atoms with E-state index in [1.54, 1.807) is 12.1 Å². The summed E-state index contributed by atoms with van der Waals surface area (Å²) in [4.78, 5) is 35.3. The summed E-state index contributed by atoms with van der Waals surface area (Å²) in [5.41, 5.74) is 0.927. The molecular formula is C20H28ClN3O4. The molecule has 1 aromatic rings. The first-order valence-electron chi connectivity index (χ1n) is 9.68. The fourth-order valence-electron chi connectivity index (χ4n) is 3.26. The summed E-state index contributed by atoms with van der Waals surface area (Å²) in [5, 5.41) is 18.3. The Kier molecular flexibility index (Phi) is 9.23. The third kappa shape index (κ3) is 7.86. The molecule has 1 aliphatic heterocycles. The highest BCUT2D eigenvalue weighted by Gasteiger charge is 2.23. The summed E-state index contributed by atoms with van der Waals surface area (Å²) < 4.78 is 0. The number of carbonyl (C=O) groups excluding carboxylic acids is 2. The lowest BCUT2D eigenvalue weighted by Gasteiger charge is -2.24. The Morgan fingerprint density at radius 3 is 2.46 bits per heavy atom. The quantitative estimate of drug-likeness (QED) is 0.441. The molecule has 0 spiro atoms. The summed E-state index contributed by atoms with van der Waals surface area (Å²) in [6.07, 6.45) is 2.26. The van der Waals surface area contributed by atoms with Crippen LogP contribution in [0.2, 0.25) is 5.02 Å². The van der Waals surface area contributed by atoms with Crippen LogP contribution in [0.25, 0.3) is 0 Å². The van der Waals surface area contributed by atoms with Gasteiger partial charge < -0.3 is 21.1 Å². The number of carbonyl (C=O) groups is 3. The average Bonchev–Trinajstić information content (AvgIpc) is 2.69. The Morgan fingerprint density at radius 1 is 1.14 bits per heavy atom. The van der Waals surface area contributed by atoms with E-state index < -0.39 is 5.97 Å². The maximum Gasteiger partial charge on any atom is 0.303 e. The molecular weight excluding hydrogens is 382 g/mol. The normalized spacial score (nSPS) is 15.6. The van der Waals surface area contributed by atoms with E-state index in [0.29, 0.717) is 24.5 Å². The first kappa shape index (κ1) is 22.2. The second-order valence-corrected chi connectivity index (χ2v) is 7.51. The van der Waals surface area contributed by atoms with E-state index in [2.05, 4.69) is 16.0 Å². The fraction of sp³-hybridized carbons (Fsp3) is 0.550. The van der Waals surface area contributed by atoms with Gasteiger partial charge in [-0.3, -0.25) is 14.4 Å². The summed E-state index contributed by atoms with van der Waals surface area (Å²) in [6.45, 7) is 2.38. The van der Waals surface area contributed by atoms with Crippen LogP contribution in [0.5, 0.6) is 0 Å². The van der Waals surface area contributed by atoms with Crippen molar-refractivity contribution in [1.82, 2.24) is 16.0 Å². The molecule has 28 heavy (non-hydrogen) atoms. The number of piperidine rings is 1. The molecule has 1 fully saturated rings. The van der Waals surface area contributed by atoms with E-state index in [1.807, 2.05) is 12.1 Å². The van der Waals surface area contributed by atoms with Crippen LogP contribution in [-0.2, 0) is 14.4 Å². The van der Waals surface area contributed by atoms with Crippen LogP contribution in [0.3, 0.4) is 0 Å². The smallest absolute Gasteiger partial charge is 0.303 e. The molecule has 4 N–H and O–H groups in total. The number of carboxylic acids is 1. The molecule has 2 amide bonds. The van der Waals surface area contributed by atoms with Crippen LogP contribution >= 0.6 is 11.6 Å². The zero-order valence-corrected chi connectivity index (χ0v) is 16.6. The molecule has 1 aliphatic rings. The van der Waals surface area contributed by atoms with E-state index in [-0.39, 0.29) is 36.5 Å². The first-order valence-corrected chi connectivity index (χ1v) is 10.1. The Morgan fingerprint density at radius 2 is 1.82 bits per heavy atom. The van der Waals surface area contributed by atoms with E-state index in [9.17, 15) is 14.4 Å². The van der Waals surface area contributed by atoms with Crippen molar-refractivity contribution in [3.8, 4) is 0 Å². The van der Waals surface area contributed by atoms with Gasteiger partial charge in [-0.2, -0.15) is 0 Å². The molecule has 154 valence electrons. The lowest BCUT2D eigenvalue weighted by molar-refractivity contribution is -0.137. The molecule has 1 atom stereocenters. The Labute approximate surface area is 170 Å². The van der Waals surface area contributed by atoms with Crippen molar-refractivity contribution in [3.63, 3.8) is 0 Å². The predicted octanol–water partition coefficient (Wildman–Crippen LogP) is 1.91. The van der Waals surface area contributed by atoms with Crippen LogP contribution in [0.4, 0.5) is 0 Å².